The second kappa shape index (κ2) is 9.75. The lowest BCUT2D eigenvalue weighted by Crippen LogP contribution is -2.35. The van der Waals surface area contributed by atoms with Gasteiger partial charge in [-0.05, 0) is 48.5 Å². The van der Waals surface area contributed by atoms with Crippen molar-refractivity contribution in [2.45, 2.75) is 4.90 Å². The molecule has 0 saturated carbocycles. The molecule has 1 aromatic heterocycles. The zero-order valence-corrected chi connectivity index (χ0v) is 21.0. The maximum Gasteiger partial charge on any atom is 0.285 e. The van der Waals surface area contributed by atoms with Crippen molar-refractivity contribution in [3.8, 4) is 5.88 Å². The molecule has 174 valence electrons. The van der Waals surface area contributed by atoms with E-state index >= 15 is 0 Å². The molecule has 0 radical (unpaired) electrons. The van der Waals surface area contributed by atoms with E-state index in [9.17, 15) is 18.3 Å². The van der Waals surface area contributed by atoms with Crippen LogP contribution in [0.5, 0.6) is 5.88 Å². The summed E-state index contributed by atoms with van der Waals surface area (Å²) in [6.07, 6.45) is 0. The maximum atomic E-state index is 13.4. The summed E-state index contributed by atoms with van der Waals surface area (Å²) in [6, 6.07) is 17.0. The molecule has 0 fully saturated rings. The van der Waals surface area contributed by atoms with Gasteiger partial charge in [0.15, 0.2) is 5.69 Å². The van der Waals surface area contributed by atoms with E-state index in [0.717, 1.165) is 8.78 Å². The number of anilines is 1. The molecule has 0 saturated heterocycles. The first-order valence-corrected chi connectivity index (χ1v) is 12.6. The van der Waals surface area contributed by atoms with Gasteiger partial charge in [-0.25, -0.2) is 8.42 Å². The summed E-state index contributed by atoms with van der Waals surface area (Å²) in [7, 11) is -4.17. The fourth-order valence-corrected chi connectivity index (χ4v) is 5.51. The van der Waals surface area contributed by atoms with E-state index in [-0.39, 0.29) is 32.2 Å². The Kier molecular flexibility index (Phi) is 6.94. The van der Waals surface area contributed by atoms with Gasteiger partial charge in [0, 0.05) is 19.9 Å². The van der Waals surface area contributed by atoms with Crippen molar-refractivity contribution >= 4 is 77.3 Å². The van der Waals surface area contributed by atoms with Gasteiger partial charge in [0.25, 0.3) is 15.9 Å². The van der Waals surface area contributed by atoms with Gasteiger partial charge < -0.3 is 10.1 Å². The number of nitrogens with one attached hydrogen (secondary N) is 1. The Morgan fingerprint density at radius 3 is 2.38 bits per heavy atom. The number of carbonyl (C=O) groups excluding carboxylic acids is 1. The number of carbonyl (C=O) groups is 1. The number of rotatable bonds is 6. The molecule has 4 aromatic rings. The van der Waals surface area contributed by atoms with E-state index in [4.69, 9.17) is 23.2 Å². The summed E-state index contributed by atoms with van der Waals surface area (Å²) < 4.78 is 28.3. The summed E-state index contributed by atoms with van der Waals surface area (Å²) in [6.45, 7) is -0.676. The SMILES string of the molecule is O=C(CN(c1cc(Cl)cc(Cl)c1)S(=O)(=O)c1ccccc1)N=Nc1c(O)[nH]c2ccc(Br)cc12. The van der Waals surface area contributed by atoms with Crippen molar-refractivity contribution in [1.29, 1.82) is 0 Å². The minimum atomic E-state index is -4.17. The van der Waals surface area contributed by atoms with Crippen LogP contribution in [0.25, 0.3) is 10.9 Å². The predicted octanol–water partition coefficient (Wildman–Crippen LogP) is 6.45. The minimum absolute atomic E-state index is 0.0324. The largest absolute Gasteiger partial charge is 0.493 e. The van der Waals surface area contributed by atoms with Gasteiger partial charge in [-0.2, -0.15) is 0 Å². The highest BCUT2D eigenvalue weighted by atomic mass is 79.9. The van der Waals surface area contributed by atoms with E-state index in [1.165, 1.54) is 30.3 Å². The summed E-state index contributed by atoms with van der Waals surface area (Å²) >= 11 is 15.5. The van der Waals surface area contributed by atoms with Crippen LogP contribution in [0.3, 0.4) is 0 Å². The number of aromatic hydroxyl groups is 1. The van der Waals surface area contributed by atoms with Gasteiger partial charge in [0.1, 0.15) is 6.54 Å². The highest BCUT2D eigenvalue weighted by Crippen LogP contribution is 2.37. The summed E-state index contributed by atoms with van der Waals surface area (Å²) in [5, 5.41) is 18.6. The standard InChI is InChI=1S/C22H15BrCl2N4O4S/c23-13-6-7-19-18(8-13)21(22(31)26-19)28-27-20(30)12-29(16-10-14(24)9-15(25)11-16)34(32,33)17-4-2-1-3-5-17/h1-11,26,31H,12H2. The van der Waals surface area contributed by atoms with Gasteiger partial charge in [-0.15, -0.1) is 10.2 Å². The number of nitrogens with zero attached hydrogens (tertiary/aromatic N) is 3. The Hall–Kier alpha value is -2.92. The number of sulfonamides is 1. The molecular formula is C22H15BrCl2N4O4S. The second-order valence-corrected chi connectivity index (χ2v) is 10.7. The van der Waals surface area contributed by atoms with Crippen LogP contribution in [0.1, 0.15) is 0 Å². The molecule has 1 amide bonds. The number of azo groups is 1. The van der Waals surface area contributed by atoms with Crippen molar-refractivity contribution < 1.29 is 18.3 Å². The number of amides is 1. The molecule has 0 aliphatic carbocycles. The molecule has 0 aliphatic rings. The zero-order valence-electron chi connectivity index (χ0n) is 17.1. The molecule has 0 spiro atoms. The number of fused-ring (bicyclic) bond motifs is 1. The van der Waals surface area contributed by atoms with Crippen molar-refractivity contribution in [3.63, 3.8) is 0 Å². The van der Waals surface area contributed by atoms with E-state index in [2.05, 4.69) is 31.1 Å². The Bertz CT molecular complexity index is 1500. The average Bonchev–Trinajstić information content (AvgIpc) is 3.10. The summed E-state index contributed by atoms with van der Waals surface area (Å²) in [4.78, 5) is 15.5. The molecule has 0 bridgehead atoms. The molecule has 0 aliphatic heterocycles. The normalized spacial score (nSPS) is 11.9. The summed E-state index contributed by atoms with van der Waals surface area (Å²) in [5.41, 5.74) is 0.723. The minimum Gasteiger partial charge on any atom is -0.493 e. The molecule has 4 rings (SSSR count). The fraction of sp³-hybridized carbons (Fsp3) is 0.0455. The first kappa shape index (κ1) is 24.2. The van der Waals surface area contributed by atoms with Gasteiger partial charge in [-0.1, -0.05) is 57.3 Å². The first-order chi connectivity index (χ1) is 16.1. The Morgan fingerprint density at radius 2 is 1.71 bits per heavy atom. The molecule has 12 heteroatoms. The quantitative estimate of drug-likeness (QED) is 0.255. The molecule has 0 atom stereocenters. The van der Waals surface area contributed by atoms with Crippen LogP contribution in [-0.2, 0) is 14.8 Å². The van der Waals surface area contributed by atoms with Crippen molar-refractivity contribution in [2.24, 2.45) is 10.2 Å². The monoisotopic (exact) mass is 580 g/mol. The van der Waals surface area contributed by atoms with Crippen LogP contribution in [0.2, 0.25) is 10.0 Å². The smallest absolute Gasteiger partial charge is 0.285 e. The Labute approximate surface area is 213 Å². The van der Waals surface area contributed by atoms with Gasteiger partial charge in [0.2, 0.25) is 5.88 Å². The lowest BCUT2D eigenvalue weighted by atomic mass is 10.2. The van der Waals surface area contributed by atoms with E-state index in [0.29, 0.717) is 10.9 Å². The zero-order chi connectivity index (χ0) is 24.5. The van der Waals surface area contributed by atoms with Gasteiger partial charge >= 0.3 is 0 Å². The lowest BCUT2D eigenvalue weighted by Gasteiger charge is -2.23. The van der Waals surface area contributed by atoms with Crippen LogP contribution >= 0.6 is 39.1 Å². The number of aromatic nitrogens is 1. The summed E-state index contributed by atoms with van der Waals surface area (Å²) in [5.74, 6) is -1.15. The Morgan fingerprint density at radius 1 is 1.03 bits per heavy atom. The number of hydrogen-bond acceptors (Lipinski definition) is 5. The van der Waals surface area contributed by atoms with Crippen molar-refractivity contribution in [2.75, 3.05) is 10.8 Å². The van der Waals surface area contributed by atoms with Crippen molar-refractivity contribution in [3.05, 3.63) is 81.2 Å². The van der Waals surface area contributed by atoms with Crippen LogP contribution in [0.15, 0.2) is 86.3 Å². The van der Waals surface area contributed by atoms with Crippen LogP contribution in [-0.4, -0.2) is 31.0 Å². The number of hydrogen-bond donors (Lipinski definition) is 2. The lowest BCUT2D eigenvalue weighted by molar-refractivity contribution is -0.116. The van der Waals surface area contributed by atoms with Crippen molar-refractivity contribution in [1.82, 2.24) is 4.98 Å². The number of halogens is 3. The maximum absolute atomic E-state index is 13.4. The Balaban J connectivity index is 1.70. The molecule has 34 heavy (non-hydrogen) atoms. The van der Waals surface area contributed by atoms with Gasteiger partial charge in [-0.3, -0.25) is 9.10 Å². The van der Waals surface area contributed by atoms with E-state index < -0.39 is 22.5 Å². The molecule has 1 heterocycles. The molecule has 3 aromatic carbocycles. The van der Waals surface area contributed by atoms with Gasteiger partial charge in [0.05, 0.1) is 16.1 Å². The third-order valence-corrected chi connectivity index (χ3v) is 7.44. The molecule has 2 N–H and O–H groups in total. The van der Waals surface area contributed by atoms with Crippen LogP contribution in [0, 0.1) is 0 Å². The first-order valence-electron chi connectivity index (χ1n) is 9.64. The second-order valence-electron chi connectivity index (χ2n) is 7.06. The molecule has 0 unspecified atom stereocenters. The van der Waals surface area contributed by atoms with Crippen LogP contribution < -0.4 is 4.31 Å². The van der Waals surface area contributed by atoms with E-state index in [1.807, 2.05) is 0 Å². The predicted molar refractivity (Wildman–Crippen MR) is 135 cm³/mol. The number of aromatic amines is 1. The number of benzene rings is 3. The topological polar surface area (TPSA) is 115 Å². The van der Waals surface area contributed by atoms with Crippen LogP contribution in [0.4, 0.5) is 11.4 Å². The highest BCUT2D eigenvalue weighted by Gasteiger charge is 2.28. The molecule has 8 nitrogen and oxygen atoms in total. The number of H-pyrrole nitrogens is 1. The van der Waals surface area contributed by atoms with E-state index in [1.54, 1.807) is 36.4 Å². The third kappa shape index (κ3) is 5.10. The third-order valence-electron chi connectivity index (χ3n) is 4.72. The average molecular weight is 582 g/mol. The highest BCUT2D eigenvalue weighted by molar-refractivity contribution is 9.10. The fourth-order valence-electron chi connectivity index (χ4n) is 3.22. The molecular weight excluding hydrogens is 567 g/mol.